The van der Waals surface area contributed by atoms with Gasteiger partial charge in [0.05, 0.1) is 6.54 Å². The zero-order chi connectivity index (χ0) is 9.80. The van der Waals surface area contributed by atoms with Crippen LogP contribution in [0.3, 0.4) is 0 Å². The number of aromatic amines is 1. The summed E-state index contributed by atoms with van der Waals surface area (Å²) < 4.78 is 0. The molecule has 0 bridgehead atoms. The maximum Gasteiger partial charge on any atom is 0.120 e. The van der Waals surface area contributed by atoms with E-state index < -0.39 is 0 Å². The molecule has 2 heterocycles. The minimum atomic E-state index is 0.485. The van der Waals surface area contributed by atoms with Gasteiger partial charge in [0.2, 0.25) is 0 Å². The summed E-state index contributed by atoms with van der Waals surface area (Å²) in [5, 5.41) is 2.10. The van der Waals surface area contributed by atoms with Gasteiger partial charge in [0, 0.05) is 16.8 Å². The van der Waals surface area contributed by atoms with Gasteiger partial charge in [-0.3, -0.25) is 0 Å². The number of nitrogens with zero attached hydrogens (tertiary/aromatic N) is 1. The molecule has 0 amide bonds. The second-order valence-electron chi connectivity index (χ2n) is 3.14. The van der Waals surface area contributed by atoms with Gasteiger partial charge in [0.15, 0.2) is 0 Å². The topological polar surface area (TPSA) is 54.7 Å². The van der Waals surface area contributed by atoms with Gasteiger partial charge < -0.3 is 10.7 Å². The maximum atomic E-state index is 5.46. The number of H-pyrrole nitrogens is 1. The Hall–Kier alpha value is -1.13. The normalized spacial score (nSPS) is 10.6. The van der Waals surface area contributed by atoms with E-state index in [1.54, 1.807) is 11.3 Å². The molecular formula is C10H13N3S. The van der Waals surface area contributed by atoms with Crippen molar-refractivity contribution >= 4 is 11.3 Å². The van der Waals surface area contributed by atoms with Gasteiger partial charge in [-0.15, -0.1) is 11.3 Å². The number of imidazole rings is 1. The van der Waals surface area contributed by atoms with Crippen molar-refractivity contribution in [3.63, 3.8) is 0 Å². The largest absolute Gasteiger partial charge is 0.345 e. The first-order chi connectivity index (χ1) is 6.88. The lowest BCUT2D eigenvalue weighted by molar-refractivity contribution is 0.902. The lowest BCUT2D eigenvalue weighted by atomic mass is 10.2. The fourth-order valence-electron chi connectivity index (χ4n) is 1.35. The van der Waals surface area contributed by atoms with E-state index in [1.807, 2.05) is 6.20 Å². The summed E-state index contributed by atoms with van der Waals surface area (Å²) in [4.78, 5) is 8.76. The van der Waals surface area contributed by atoms with Crippen LogP contribution in [0.15, 0.2) is 23.7 Å². The fourth-order valence-corrected chi connectivity index (χ4v) is 2.06. The van der Waals surface area contributed by atoms with Crippen molar-refractivity contribution in [2.75, 3.05) is 0 Å². The molecule has 0 aromatic carbocycles. The zero-order valence-electron chi connectivity index (χ0n) is 7.86. The van der Waals surface area contributed by atoms with E-state index in [9.17, 15) is 0 Å². The van der Waals surface area contributed by atoms with Crippen molar-refractivity contribution in [2.24, 2.45) is 5.73 Å². The molecule has 2 aromatic heterocycles. The molecule has 0 spiro atoms. The number of hydrogen-bond donors (Lipinski definition) is 2. The van der Waals surface area contributed by atoms with Gasteiger partial charge >= 0.3 is 0 Å². The van der Waals surface area contributed by atoms with Crippen LogP contribution in [0.1, 0.15) is 16.4 Å². The quantitative estimate of drug-likeness (QED) is 0.802. The molecular weight excluding hydrogens is 194 g/mol. The molecule has 0 saturated heterocycles. The zero-order valence-corrected chi connectivity index (χ0v) is 8.68. The standard InChI is InChI=1S/C10H13N3S/c11-6-10-12-7-8(13-10)3-4-9-2-1-5-14-9/h1-2,5,7H,3-4,6,11H2,(H,12,13). The third-order valence-electron chi connectivity index (χ3n) is 2.10. The molecule has 0 atom stereocenters. The molecule has 4 heteroatoms. The lowest BCUT2D eigenvalue weighted by Gasteiger charge is -1.94. The van der Waals surface area contributed by atoms with Crippen molar-refractivity contribution in [1.82, 2.24) is 9.97 Å². The number of nitrogens with one attached hydrogen (secondary N) is 1. The Morgan fingerprint density at radius 3 is 3.00 bits per heavy atom. The summed E-state index contributed by atoms with van der Waals surface area (Å²) in [6.07, 6.45) is 3.95. The molecule has 0 fully saturated rings. The van der Waals surface area contributed by atoms with Crippen molar-refractivity contribution in [1.29, 1.82) is 0 Å². The third-order valence-corrected chi connectivity index (χ3v) is 3.03. The van der Waals surface area contributed by atoms with Gasteiger partial charge in [-0.1, -0.05) is 6.07 Å². The van der Waals surface area contributed by atoms with Gasteiger partial charge in [0.25, 0.3) is 0 Å². The first-order valence-corrected chi connectivity index (χ1v) is 5.51. The molecule has 3 N–H and O–H groups in total. The van der Waals surface area contributed by atoms with Crippen LogP contribution in [0.25, 0.3) is 0 Å². The Labute approximate surface area is 87.0 Å². The van der Waals surface area contributed by atoms with Crippen LogP contribution in [-0.4, -0.2) is 9.97 Å². The second kappa shape index (κ2) is 4.39. The van der Waals surface area contributed by atoms with E-state index in [-0.39, 0.29) is 0 Å². The molecule has 0 radical (unpaired) electrons. The van der Waals surface area contributed by atoms with Crippen LogP contribution in [0.4, 0.5) is 0 Å². The molecule has 0 unspecified atom stereocenters. The highest BCUT2D eigenvalue weighted by atomic mass is 32.1. The minimum absolute atomic E-state index is 0.485. The Morgan fingerprint density at radius 1 is 1.43 bits per heavy atom. The Bertz CT molecular complexity index is 378. The number of aryl methyl sites for hydroxylation is 2. The summed E-state index contributed by atoms with van der Waals surface area (Å²) in [5.74, 6) is 0.867. The van der Waals surface area contributed by atoms with Crippen molar-refractivity contribution in [2.45, 2.75) is 19.4 Å². The molecule has 0 aliphatic rings. The van der Waals surface area contributed by atoms with Gasteiger partial charge in [-0.25, -0.2) is 4.98 Å². The van der Waals surface area contributed by atoms with E-state index in [2.05, 4.69) is 27.5 Å². The molecule has 2 aromatic rings. The highest BCUT2D eigenvalue weighted by Gasteiger charge is 2.00. The average Bonchev–Trinajstić information content (AvgIpc) is 2.86. The minimum Gasteiger partial charge on any atom is -0.345 e. The lowest BCUT2D eigenvalue weighted by Crippen LogP contribution is -1.98. The van der Waals surface area contributed by atoms with Crippen LogP contribution >= 0.6 is 11.3 Å². The van der Waals surface area contributed by atoms with E-state index in [0.717, 1.165) is 18.7 Å². The monoisotopic (exact) mass is 207 g/mol. The van der Waals surface area contributed by atoms with Gasteiger partial charge in [-0.2, -0.15) is 0 Å². The molecule has 0 saturated carbocycles. The predicted octanol–water partition coefficient (Wildman–Crippen LogP) is 1.72. The maximum absolute atomic E-state index is 5.46. The Kier molecular flexibility index (Phi) is 2.96. The Balaban J connectivity index is 1.92. The van der Waals surface area contributed by atoms with Gasteiger partial charge in [0.1, 0.15) is 5.82 Å². The molecule has 14 heavy (non-hydrogen) atoms. The SMILES string of the molecule is NCc1ncc(CCc2cccs2)[nH]1. The van der Waals surface area contributed by atoms with Crippen LogP contribution in [-0.2, 0) is 19.4 Å². The van der Waals surface area contributed by atoms with E-state index in [4.69, 9.17) is 5.73 Å². The highest BCUT2D eigenvalue weighted by Crippen LogP contribution is 2.11. The van der Waals surface area contributed by atoms with Crippen LogP contribution in [0.5, 0.6) is 0 Å². The van der Waals surface area contributed by atoms with E-state index in [0.29, 0.717) is 6.54 Å². The number of thiophene rings is 1. The van der Waals surface area contributed by atoms with Crippen molar-refractivity contribution in [3.8, 4) is 0 Å². The number of hydrogen-bond acceptors (Lipinski definition) is 3. The summed E-state index contributed by atoms with van der Waals surface area (Å²) >= 11 is 1.80. The summed E-state index contributed by atoms with van der Waals surface area (Å²) in [6, 6.07) is 4.24. The summed E-state index contributed by atoms with van der Waals surface area (Å²) in [5.41, 5.74) is 6.63. The molecule has 0 aliphatic heterocycles. The number of rotatable bonds is 4. The summed E-state index contributed by atoms with van der Waals surface area (Å²) in [7, 11) is 0. The number of nitrogens with two attached hydrogens (primary N) is 1. The number of aromatic nitrogens is 2. The predicted molar refractivity (Wildman–Crippen MR) is 58.2 cm³/mol. The second-order valence-corrected chi connectivity index (χ2v) is 4.17. The highest BCUT2D eigenvalue weighted by molar-refractivity contribution is 7.09. The third kappa shape index (κ3) is 2.21. The smallest absolute Gasteiger partial charge is 0.120 e. The molecule has 3 nitrogen and oxygen atoms in total. The molecule has 74 valence electrons. The molecule has 0 aliphatic carbocycles. The molecule has 2 rings (SSSR count). The average molecular weight is 207 g/mol. The van der Waals surface area contributed by atoms with Crippen molar-refractivity contribution < 1.29 is 0 Å². The fraction of sp³-hybridized carbons (Fsp3) is 0.300. The first-order valence-electron chi connectivity index (χ1n) is 4.63. The van der Waals surface area contributed by atoms with Crippen molar-refractivity contribution in [3.05, 3.63) is 40.1 Å². The van der Waals surface area contributed by atoms with Crippen LogP contribution in [0, 0.1) is 0 Å². The first kappa shape index (κ1) is 9.43. The van der Waals surface area contributed by atoms with Crippen LogP contribution in [0.2, 0.25) is 0 Å². The van der Waals surface area contributed by atoms with Crippen LogP contribution < -0.4 is 5.73 Å². The van der Waals surface area contributed by atoms with E-state index in [1.165, 1.54) is 10.6 Å². The Morgan fingerprint density at radius 2 is 2.36 bits per heavy atom. The summed E-state index contributed by atoms with van der Waals surface area (Å²) in [6.45, 7) is 0.485. The van der Waals surface area contributed by atoms with Gasteiger partial charge in [-0.05, 0) is 24.3 Å². The van der Waals surface area contributed by atoms with E-state index >= 15 is 0 Å².